The number of halogens is 3. The number of aromatic amines is 1. The van der Waals surface area contributed by atoms with Crippen molar-refractivity contribution in [3.8, 4) is 0 Å². The average Bonchev–Trinajstić information content (AvgIpc) is 3.11. The Bertz CT molecular complexity index is 1200. The Morgan fingerprint density at radius 3 is 2.77 bits per heavy atom. The van der Waals surface area contributed by atoms with Crippen molar-refractivity contribution in [3.05, 3.63) is 51.4 Å². The molecule has 2 heterocycles. The van der Waals surface area contributed by atoms with Crippen LogP contribution in [0.5, 0.6) is 0 Å². The smallest absolute Gasteiger partial charge is 0.341 e. The van der Waals surface area contributed by atoms with Gasteiger partial charge in [0.05, 0.1) is 27.6 Å². The van der Waals surface area contributed by atoms with Gasteiger partial charge in [-0.1, -0.05) is 24.6 Å². The third-order valence-corrected chi connectivity index (χ3v) is 7.19. The van der Waals surface area contributed by atoms with Crippen molar-refractivity contribution in [2.24, 2.45) is 5.14 Å². The number of benzene rings is 1. The van der Waals surface area contributed by atoms with Crippen LogP contribution in [0, 0.1) is 6.92 Å². The molecule has 1 aromatic heterocycles. The molecule has 10 heteroatoms. The van der Waals surface area contributed by atoms with Crippen molar-refractivity contribution in [3.63, 3.8) is 0 Å². The summed E-state index contributed by atoms with van der Waals surface area (Å²) in [5.41, 5.74) is 0.208. The van der Waals surface area contributed by atoms with Crippen LogP contribution < -0.4 is 15.8 Å². The third kappa shape index (κ3) is 4.70. The lowest BCUT2D eigenvalue weighted by Crippen LogP contribution is -2.36. The summed E-state index contributed by atoms with van der Waals surface area (Å²) in [7, 11) is -3.69. The molecule has 31 heavy (non-hydrogen) atoms. The first-order valence-corrected chi connectivity index (χ1v) is 11.8. The molecule has 0 radical (unpaired) electrons. The van der Waals surface area contributed by atoms with Crippen molar-refractivity contribution < 1.29 is 21.6 Å². The van der Waals surface area contributed by atoms with Crippen LogP contribution >= 0.6 is 0 Å². The second-order valence-corrected chi connectivity index (χ2v) is 10.1. The van der Waals surface area contributed by atoms with Gasteiger partial charge in [0.1, 0.15) is 5.82 Å². The summed E-state index contributed by atoms with van der Waals surface area (Å²) < 4.78 is 63.3. The predicted molar refractivity (Wildman–Crippen MR) is 111 cm³/mol. The lowest BCUT2D eigenvalue weighted by molar-refractivity contribution is -0.138. The van der Waals surface area contributed by atoms with E-state index in [0.29, 0.717) is 28.6 Å². The van der Waals surface area contributed by atoms with Crippen molar-refractivity contribution >= 4 is 22.2 Å². The minimum atomic E-state index is -4.38. The van der Waals surface area contributed by atoms with E-state index in [1.807, 2.05) is 0 Å². The van der Waals surface area contributed by atoms with Crippen LogP contribution in [-0.4, -0.2) is 35.1 Å². The van der Waals surface area contributed by atoms with Gasteiger partial charge in [-0.2, -0.15) is 13.2 Å². The number of nitrogens with two attached hydrogens (primary N) is 1. The van der Waals surface area contributed by atoms with E-state index >= 15 is 0 Å². The van der Waals surface area contributed by atoms with Crippen molar-refractivity contribution in [1.29, 1.82) is 0 Å². The van der Waals surface area contributed by atoms with Crippen molar-refractivity contribution in [2.45, 2.75) is 56.6 Å². The molecule has 1 fully saturated rings. The summed E-state index contributed by atoms with van der Waals surface area (Å²) in [5.74, 6) is 0.704. The Morgan fingerprint density at radius 1 is 1.29 bits per heavy atom. The monoisotopic (exact) mass is 454 g/mol. The number of primary sulfonamides is 1. The Kier molecular flexibility index (Phi) is 5.74. The number of H-pyrrole nitrogens is 1. The molecule has 0 saturated carbocycles. The molecule has 2 aromatic rings. The zero-order valence-corrected chi connectivity index (χ0v) is 17.9. The SMILES string of the molecule is Cc1ccc(CN2CCCCC2c2nc3c([nH]2)=CC(S(N)(=O)=O)CC=3)cc1C(F)(F)F. The lowest BCUT2D eigenvalue weighted by atomic mass is 9.99. The van der Waals surface area contributed by atoms with Crippen molar-refractivity contribution in [2.75, 3.05) is 6.54 Å². The molecule has 2 aliphatic rings. The molecular weight excluding hydrogens is 429 g/mol. The third-order valence-electron chi connectivity index (χ3n) is 6.02. The molecule has 0 spiro atoms. The number of imidazole rings is 1. The van der Waals surface area contributed by atoms with E-state index in [1.165, 1.54) is 19.1 Å². The Morgan fingerprint density at radius 2 is 2.06 bits per heavy atom. The fourth-order valence-electron chi connectivity index (χ4n) is 4.37. The van der Waals surface area contributed by atoms with Gasteiger partial charge < -0.3 is 4.98 Å². The maximum atomic E-state index is 13.3. The molecular formula is C21H25F3N4O2S. The number of aromatic nitrogens is 2. The highest BCUT2D eigenvalue weighted by Gasteiger charge is 2.33. The summed E-state index contributed by atoms with van der Waals surface area (Å²) in [5, 5.41) is 5.80. The Hall–Kier alpha value is -2.17. The van der Waals surface area contributed by atoms with E-state index in [4.69, 9.17) is 5.14 Å². The number of nitrogens with one attached hydrogen (secondary N) is 1. The summed E-state index contributed by atoms with van der Waals surface area (Å²) in [6.07, 6.45) is 2.00. The maximum absolute atomic E-state index is 13.3. The quantitative estimate of drug-likeness (QED) is 0.740. The number of piperidine rings is 1. The number of aryl methyl sites for hydroxylation is 1. The zero-order valence-electron chi connectivity index (χ0n) is 17.1. The fraction of sp³-hybridized carbons (Fsp3) is 0.476. The number of sulfonamides is 1. The Labute approximate surface area is 178 Å². The van der Waals surface area contributed by atoms with Crippen LogP contribution in [0.15, 0.2) is 18.2 Å². The van der Waals surface area contributed by atoms with E-state index in [1.54, 1.807) is 18.2 Å². The van der Waals surface area contributed by atoms with E-state index in [0.717, 1.165) is 25.8 Å². The van der Waals surface area contributed by atoms with Gasteiger partial charge in [0.15, 0.2) is 0 Å². The van der Waals surface area contributed by atoms with Gasteiger partial charge in [0.2, 0.25) is 10.0 Å². The second-order valence-electron chi connectivity index (χ2n) is 8.28. The summed E-state index contributed by atoms with van der Waals surface area (Å²) in [6, 6.07) is 4.40. The molecule has 168 valence electrons. The molecule has 0 bridgehead atoms. The highest BCUT2D eigenvalue weighted by molar-refractivity contribution is 7.90. The standard InChI is InChI=1S/C21H25F3N4O2S/c1-13-5-6-14(10-16(13)21(22,23)24)12-28-9-3-2-4-19(28)20-26-17-8-7-15(31(25,29)30)11-18(17)27-20/h5-6,8,10-11,15,19H,2-4,7,9,12H2,1H3,(H,26,27)(H2,25,29,30). The van der Waals surface area contributed by atoms with Crippen LogP contribution in [0.3, 0.4) is 0 Å². The van der Waals surface area contributed by atoms with Gasteiger partial charge in [-0.05, 0) is 56.0 Å². The number of nitrogens with zero attached hydrogens (tertiary/aromatic N) is 2. The van der Waals surface area contributed by atoms with Gasteiger partial charge in [0.25, 0.3) is 0 Å². The molecule has 6 nitrogen and oxygen atoms in total. The van der Waals surface area contributed by atoms with Gasteiger partial charge in [-0.25, -0.2) is 18.5 Å². The number of hydrogen-bond acceptors (Lipinski definition) is 4. The molecule has 4 rings (SSSR count). The molecule has 1 aliphatic carbocycles. The number of rotatable bonds is 4. The zero-order chi connectivity index (χ0) is 22.4. The maximum Gasteiger partial charge on any atom is 0.416 e. The summed E-state index contributed by atoms with van der Waals surface area (Å²) in [6.45, 7) is 2.59. The number of hydrogen-bond donors (Lipinski definition) is 2. The molecule has 2 unspecified atom stereocenters. The van der Waals surface area contributed by atoms with E-state index < -0.39 is 27.0 Å². The fourth-order valence-corrected chi connectivity index (χ4v) is 5.06. The molecule has 2 atom stereocenters. The average molecular weight is 455 g/mol. The first-order chi connectivity index (χ1) is 14.5. The number of likely N-dealkylation sites (tertiary alicyclic amines) is 1. The molecule has 1 saturated heterocycles. The minimum Gasteiger partial charge on any atom is -0.341 e. The molecule has 1 aromatic carbocycles. The molecule has 0 amide bonds. The van der Waals surface area contributed by atoms with Gasteiger partial charge in [0, 0.05) is 6.54 Å². The summed E-state index contributed by atoms with van der Waals surface area (Å²) >= 11 is 0. The largest absolute Gasteiger partial charge is 0.416 e. The van der Waals surface area contributed by atoms with Crippen LogP contribution in [0.1, 0.15) is 54.2 Å². The van der Waals surface area contributed by atoms with Crippen molar-refractivity contribution in [1.82, 2.24) is 14.9 Å². The van der Waals surface area contributed by atoms with Gasteiger partial charge in [-0.15, -0.1) is 0 Å². The lowest BCUT2D eigenvalue weighted by Gasteiger charge is -2.34. The second kappa shape index (κ2) is 8.07. The first-order valence-electron chi connectivity index (χ1n) is 10.2. The normalized spacial score (nSPS) is 22.5. The number of alkyl halides is 3. The Balaban J connectivity index is 1.63. The van der Waals surface area contributed by atoms with Gasteiger partial charge in [-0.3, -0.25) is 4.90 Å². The summed E-state index contributed by atoms with van der Waals surface area (Å²) in [4.78, 5) is 10.0. The molecule has 3 N–H and O–H groups in total. The predicted octanol–water partition coefficient (Wildman–Crippen LogP) is 2.09. The van der Waals surface area contributed by atoms with E-state index in [2.05, 4.69) is 14.9 Å². The first kappa shape index (κ1) is 22.0. The number of fused-ring (bicyclic) bond motifs is 1. The molecule has 1 aliphatic heterocycles. The minimum absolute atomic E-state index is 0.0790. The van der Waals surface area contributed by atoms with E-state index in [9.17, 15) is 21.6 Å². The van der Waals surface area contributed by atoms with Crippen LogP contribution in [0.2, 0.25) is 0 Å². The highest BCUT2D eigenvalue weighted by Crippen LogP contribution is 2.34. The van der Waals surface area contributed by atoms with Crippen LogP contribution in [0.25, 0.3) is 12.2 Å². The van der Waals surface area contributed by atoms with E-state index in [-0.39, 0.29) is 18.0 Å². The van der Waals surface area contributed by atoms with Crippen LogP contribution in [-0.2, 0) is 22.7 Å². The highest BCUT2D eigenvalue weighted by atomic mass is 32.2. The topological polar surface area (TPSA) is 92.1 Å². The van der Waals surface area contributed by atoms with Gasteiger partial charge >= 0.3 is 6.18 Å². The van der Waals surface area contributed by atoms with Crippen LogP contribution in [0.4, 0.5) is 13.2 Å².